The molecule has 1 aliphatic carbocycles. The van der Waals surface area contributed by atoms with Gasteiger partial charge in [0.2, 0.25) is 0 Å². The third-order valence-electron chi connectivity index (χ3n) is 2.90. The molecule has 3 atom stereocenters. The molecule has 82 valence electrons. The van der Waals surface area contributed by atoms with Crippen LogP contribution < -0.4 is 0 Å². The normalized spacial score (nSPS) is 29.6. The number of hydrogen-bond donors (Lipinski definition) is 1. The number of esters is 1. The first-order valence-corrected chi connectivity index (χ1v) is 4.99. The van der Waals surface area contributed by atoms with E-state index in [4.69, 9.17) is 4.74 Å². The average molecular weight is 202 g/mol. The van der Waals surface area contributed by atoms with Crippen LogP contribution >= 0.6 is 0 Å². The van der Waals surface area contributed by atoms with Crippen molar-refractivity contribution in [3.05, 3.63) is 0 Å². The Kier molecular flexibility index (Phi) is 4.35. The first-order chi connectivity index (χ1) is 6.70. The zero-order valence-corrected chi connectivity index (χ0v) is 8.73. The Hall–Kier alpha value is -0.610. The molecule has 0 radical (unpaired) electrons. The highest BCUT2D eigenvalue weighted by Crippen LogP contribution is 2.29. The molecule has 4 nitrogen and oxygen atoms in total. The Bertz CT molecular complexity index is 193. The van der Waals surface area contributed by atoms with E-state index in [0.29, 0.717) is 0 Å². The molecule has 1 rings (SSSR count). The maximum Gasteiger partial charge on any atom is 0.335 e. The highest BCUT2D eigenvalue weighted by Gasteiger charge is 2.35. The van der Waals surface area contributed by atoms with Crippen molar-refractivity contribution in [2.45, 2.75) is 37.9 Å². The van der Waals surface area contributed by atoms with E-state index in [1.807, 2.05) is 0 Å². The van der Waals surface area contributed by atoms with Gasteiger partial charge in [-0.2, -0.15) is 0 Å². The molecular formula is C10H18O4. The van der Waals surface area contributed by atoms with Crippen molar-refractivity contribution in [1.82, 2.24) is 0 Å². The third-order valence-corrected chi connectivity index (χ3v) is 2.90. The van der Waals surface area contributed by atoms with E-state index in [1.165, 1.54) is 7.11 Å². The molecule has 0 saturated heterocycles. The highest BCUT2D eigenvalue weighted by molar-refractivity contribution is 5.74. The van der Waals surface area contributed by atoms with Crippen LogP contribution in [0.4, 0.5) is 0 Å². The predicted octanol–water partition coefficient (Wildman–Crippen LogP) is 0.725. The maximum absolute atomic E-state index is 11.1. The van der Waals surface area contributed by atoms with Crippen LogP contribution in [0.1, 0.15) is 25.7 Å². The topological polar surface area (TPSA) is 55.8 Å². The lowest BCUT2D eigenvalue weighted by Gasteiger charge is -2.32. The zero-order chi connectivity index (χ0) is 10.6. The van der Waals surface area contributed by atoms with Gasteiger partial charge in [0, 0.05) is 13.0 Å². The van der Waals surface area contributed by atoms with Crippen molar-refractivity contribution >= 4 is 5.97 Å². The Morgan fingerprint density at radius 2 is 2.00 bits per heavy atom. The minimum Gasteiger partial charge on any atom is -0.467 e. The Labute approximate surface area is 84.2 Å². The summed E-state index contributed by atoms with van der Waals surface area (Å²) in [5, 5.41) is 9.69. The van der Waals surface area contributed by atoms with Gasteiger partial charge in [0.25, 0.3) is 0 Å². The predicted molar refractivity (Wildman–Crippen MR) is 50.8 cm³/mol. The number of rotatable bonds is 3. The van der Waals surface area contributed by atoms with E-state index in [-0.39, 0.29) is 12.0 Å². The van der Waals surface area contributed by atoms with Crippen LogP contribution in [0.5, 0.6) is 0 Å². The number of carbonyl (C=O) groups excluding carboxylic acids is 1. The van der Waals surface area contributed by atoms with Gasteiger partial charge in [-0.25, -0.2) is 4.79 Å². The molecule has 1 fully saturated rings. The van der Waals surface area contributed by atoms with Gasteiger partial charge in [0.15, 0.2) is 6.10 Å². The minimum atomic E-state index is -1.04. The lowest BCUT2D eigenvalue weighted by molar-refractivity contribution is -0.158. The molecule has 1 N–H and O–H groups in total. The van der Waals surface area contributed by atoms with Crippen LogP contribution in [-0.4, -0.2) is 37.5 Å². The van der Waals surface area contributed by atoms with Crippen molar-refractivity contribution in [1.29, 1.82) is 0 Å². The number of methoxy groups -OCH3 is 2. The monoisotopic (exact) mass is 202 g/mol. The van der Waals surface area contributed by atoms with Gasteiger partial charge in [0.1, 0.15) is 0 Å². The molecule has 0 aromatic rings. The van der Waals surface area contributed by atoms with Crippen molar-refractivity contribution < 1.29 is 19.4 Å². The van der Waals surface area contributed by atoms with Crippen LogP contribution in [-0.2, 0) is 14.3 Å². The molecule has 0 aromatic heterocycles. The Balaban J connectivity index is 2.58. The number of aliphatic hydroxyl groups is 1. The molecule has 0 bridgehead atoms. The summed E-state index contributed by atoms with van der Waals surface area (Å²) in [4.78, 5) is 11.1. The fourth-order valence-corrected chi connectivity index (χ4v) is 2.07. The lowest BCUT2D eigenvalue weighted by atomic mass is 9.82. The zero-order valence-electron chi connectivity index (χ0n) is 8.73. The quantitative estimate of drug-likeness (QED) is 0.685. The van der Waals surface area contributed by atoms with Gasteiger partial charge in [0.05, 0.1) is 13.2 Å². The van der Waals surface area contributed by atoms with Crippen molar-refractivity contribution in [3.8, 4) is 0 Å². The molecule has 0 amide bonds. The van der Waals surface area contributed by atoms with E-state index in [1.54, 1.807) is 7.11 Å². The van der Waals surface area contributed by atoms with Crippen molar-refractivity contribution in [2.75, 3.05) is 14.2 Å². The van der Waals surface area contributed by atoms with E-state index in [9.17, 15) is 9.90 Å². The molecular weight excluding hydrogens is 184 g/mol. The van der Waals surface area contributed by atoms with Crippen molar-refractivity contribution in [3.63, 3.8) is 0 Å². The van der Waals surface area contributed by atoms with Gasteiger partial charge in [-0.15, -0.1) is 0 Å². The first kappa shape index (κ1) is 11.5. The fourth-order valence-electron chi connectivity index (χ4n) is 2.07. The number of ether oxygens (including phenoxy) is 2. The average Bonchev–Trinajstić information content (AvgIpc) is 2.26. The molecule has 1 aliphatic rings. The molecule has 0 heterocycles. The fraction of sp³-hybridized carbons (Fsp3) is 0.900. The van der Waals surface area contributed by atoms with Crippen LogP contribution in [0.2, 0.25) is 0 Å². The largest absolute Gasteiger partial charge is 0.467 e. The van der Waals surface area contributed by atoms with E-state index < -0.39 is 12.1 Å². The maximum atomic E-state index is 11.1. The second-order valence-electron chi connectivity index (χ2n) is 3.69. The lowest BCUT2D eigenvalue weighted by Crippen LogP contribution is -2.40. The summed E-state index contributed by atoms with van der Waals surface area (Å²) >= 11 is 0. The summed E-state index contributed by atoms with van der Waals surface area (Å²) in [5.74, 6) is -0.667. The van der Waals surface area contributed by atoms with Gasteiger partial charge in [-0.1, -0.05) is 12.8 Å². The Morgan fingerprint density at radius 3 is 2.57 bits per heavy atom. The Morgan fingerprint density at radius 1 is 1.36 bits per heavy atom. The molecule has 0 aliphatic heterocycles. The summed E-state index contributed by atoms with van der Waals surface area (Å²) in [6.07, 6.45) is 2.83. The first-order valence-electron chi connectivity index (χ1n) is 4.99. The molecule has 4 heteroatoms. The van der Waals surface area contributed by atoms with Gasteiger partial charge in [-0.3, -0.25) is 0 Å². The third kappa shape index (κ3) is 2.45. The van der Waals surface area contributed by atoms with Crippen LogP contribution in [0, 0.1) is 5.92 Å². The summed E-state index contributed by atoms with van der Waals surface area (Å²) in [7, 11) is 2.91. The minimum absolute atomic E-state index is 0.0159. The molecule has 0 spiro atoms. The highest BCUT2D eigenvalue weighted by atomic mass is 16.5. The smallest absolute Gasteiger partial charge is 0.335 e. The van der Waals surface area contributed by atoms with E-state index in [0.717, 1.165) is 25.7 Å². The number of aliphatic hydroxyl groups excluding tert-OH is 1. The molecule has 14 heavy (non-hydrogen) atoms. The van der Waals surface area contributed by atoms with Crippen LogP contribution in [0.3, 0.4) is 0 Å². The summed E-state index contributed by atoms with van der Waals surface area (Å²) in [6.45, 7) is 0. The van der Waals surface area contributed by atoms with Crippen LogP contribution in [0.15, 0.2) is 0 Å². The van der Waals surface area contributed by atoms with Gasteiger partial charge >= 0.3 is 5.97 Å². The van der Waals surface area contributed by atoms with E-state index in [2.05, 4.69) is 4.74 Å². The second kappa shape index (κ2) is 5.32. The summed E-state index contributed by atoms with van der Waals surface area (Å²) < 4.78 is 9.77. The number of hydrogen-bond acceptors (Lipinski definition) is 4. The summed E-state index contributed by atoms with van der Waals surface area (Å²) in [5.41, 5.74) is 0. The second-order valence-corrected chi connectivity index (χ2v) is 3.69. The van der Waals surface area contributed by atoms with Crippen molar-refractivity contribution in [2.24, 2.45) is 5.92 Å². The van der Waals surface area contributed by atoms with Crippen LogP contribution in [0.25, 0.3) is 0 Å². The molecule has 0 aromatic carbocycles. The van der Waals surface area contributed by atoms with E-state index >= 15 is 0 Å². The number of carbonyl (C=O) groups is 1. The summed E-state index contributed by atoms with van der Waals surface area (Å²) in [6, 6.07) is 0. The standard InChI is InChI=1S/C10H18O4/c1-13-8-6-4-3-5-7(8)9(11)10(12)14-2/h7-9,11H,3-6H2,1-2H3. The van der Waals surface area contributed by atoms with Gasteiger partial charge < -0.3 is 14.6 Å². The van der Waals surface area contributed by atoms with Gasteiger partial charge in [-0.05, 0) is 12.8 Å². The SMILES string of the molecule is COC(=O)C(O)C1CCCCC1OC. The molecule has 3 unspecified atom stereocenters. The molecule has 1 saturated carbocycles.